The van der Waals surface area contributed by atoms with Crippen molar-refractivity contribution in [3.05, 3.63) is 89.7 Å². The second kappa shape index (κ2) is 11.5. The van der Waals surface area contributed by atoms with Gasteiger partial charge in [0.1, 0.15) is 23.9 Å². The number of carbonyl (C=O) groups is 2. The number of ether oxygens (including phenoxy) is 1. The molecule has 1 N–H and O–H groups in total. The van der Waals surface area contributed by atoms with E-state index in [0.29, 0.717) is 23.1 Å². The molecule has 4 aromatic rings. The van der Waals surface area contributed by atoms with E-state index in [9.17, 15) is 9.59 Å². The molecular formula is C27H28FN5O3. The number of para-hydroxylation sites is 2. The highest BCUT2D eigenvalue weighted by atomic mass is 19.1. The van der Waals surface area contributed by atoms with Gasteiger partial charge in [-0.3, -0.25) is 14.5 Å². The molecule has 4 rings (SSSR count). The Bertz CT molecular complexity index is 1360. The number of aryl methyl sites for hydroxylation is 1. The Hall–Kier alpha value is -4.11. The molecule has 1 aromatic heterocycles. The van der Waals surface area contributed by atoms with E-state index < -0.39 is 23.7 Å². The van der Waals surface area contributed by atoms with E-state index in [4.69, 9.17) is 4.74 Å². The van der Waals surface area contributed by atoms with E-state index >= 15 is 4.39 Å². The quantitative estimate of drug-likeness (QED) is 0.344. The smallest absolute Gasteiger partial charge is 0.249 e. The number of methoxy groups -OCH3 is 1. The van der Waals surface area contributed by atoms with E-state index in [-0.39, 0.29) is 25.3 Å². The Morgan fingerprint density at radius 1 is 1.06 bits per heavy atom. The molecule has 0 aliphatic rings. The first kappa shape index (κ1) is 25.0. The third-order valence-corrected chi connectivity index (χ3v) is 5.92. The van der Waals surface area contributed by atoms with E-state index in [2.05, 4.69) is 15.6 Å². The predicted octanol–water partition coefficient (Wildman–Crippen LogP) is 3.67. The highest BCUT2D eigenvalue weighted by Crippen LogP contribution is 2.32. The first-order chi connectivity index (χ1) is 17.5. The number of benzene rings is 3. The average molecular weight is 490 g/mol. The van der Waals surface area contributed by atoms with E-state index in [1.54, 1.807) is 30.3 Å². The molecule has 36 heavy (non-hydrogen) atoms. The summed E-state index contributed by atoms with van der Waals surface area (Å²) in [6.45, 7) is 2.27. The van der Waals surface area contributed by atoms with Crippen LogP contribution in [-0.2, 0) is 27.3 Å². The van der Waals surface area contributed by atoms with Crippen molar-refractivity contribution >= 4 is 28.5 Å². The summed E-state index contributed by atoms with van der Waals surface area (Å²) in [7, 11) is 1.52. The van der Waals surface area contributed by atoms with Crippen LogP contribution < -0.4 is 10.2 Å². The van der Waals surface area contributed by atoms with Gasteiger partial charge in [-0.1, -0.05) is 60.7 Å². The molecule has 0 radical (unpaired) electrons. The fourth-order valence-corrected chi connectivity index (χ4v) is 4.17. The summed E-state index contributed by atoms with van der Waals surface area (Å²) < 4.78 is 21.7. The zero-order valence-corrected chi connectivity index (χ0v) is 20.2. The monoisotopic (exact) mass is 489 g/mol. The number of fused-ring (bicyclic) bond motifs is 1. The van der Waals surface area contributed by atoms with Crippen LogP contribution in [0.2, 0.25) is 0 Å². The lowest BCUT2D eigenvalue weighted by atomic mass is 10.00. The Balaban J connectivity index is 1.83. The zero-order chi connectivity index (χ0) is 25.5. The Labute approximate surface area is 208 Å². The van der Waals surface area contributed by atoms with Gasteiger partial charge < -0.3 is 10.1 Å². The van der Waals surface area contributed by atoms with Gasteiger partial charge in [-0.15, -0.1) is 5.10 Å². The fraction of sp³-hybridized carbons (Fsp3) is 0.259. The fourth-order valence-electron chi connectivity index (χ4n) is 4.17. The summed E-state index contributed by atoms with van der Waals surface area (Å²) >= 11 is 0. The summed E-state index contributed by atoms with van der Waals surface area (Å²) in [4.78, 5) is 28.9. The number of hydrogen-bond donors (Lipinski definition) is 1. The van der Waals surface area contributed by atoms with Crippen molar-refractivity contribution in [2.24, 2.45) is 0 Å². The van der Waals surface area contributed by atoms with E-state index in [1.807, 2.05) is 37.3 Å². The molecule has 0 saturated carbocycles. The van der Waals surface area contributed by atoms with Crippen LogP contribution in [0.25, 0.3) is 11.0 Å². The second-order valence-electron chi connectivity index (χ2n) is 8.19. The Morgan fingerprint density at radius 3 is 2.56 bits per heavy atom. The van der Waals surface area contributed by atoms with Gasteiger partial charge in [0.2, 0.25) is 11.8 Å². The lowest BCUT2D eigenvalue weighted by Gasteiger charge is -2.33. The van der Waals surface area contributed by atoms with Crippen LogP contribution >= 0.6 is 0 Å². The largest absolute Gasteiger partial charge is 0.383 e. The first-order valence-corrected chi connectivity index (χ1v) is 11.7. The number of amides is 2. The maximum atomic E-state index is 15.1. The molecule has 1 heterocycles. The maximum Gasteiger partial charge on any atom is 0.249 e. The van der Waals surface area contributed by atoms with Gasteiger partial charge in [0.05, 0.1) is 12.1 Å². The predicted molar refractivity (Wildman–Crippen MR) is 135 cm³/mol. The number of aromatic nitrogens is 3. The normalized spacial score (nSPS) is 11.9. The van der Waals surface area contributed by atoms with Crippen LogP contribution in [-0.4, -0.2) is 47.1 Å². The molecule has 0 aliphatic carbocycles. The number of halogens is 1. The molecule has 0 saturated heterocycles. The highest BCUT2D eigenvalue weighted by molar-refractivity contribution is 6.02. The minimum atomic E-state index is -1.25. The molecule has 0 aliphatic heterocycles. The van der Waals surface area contributed by atoms with Crippen LogP contribution in [0.5, 0.6) is 0 Å². The lowest BCUT2D eigenvalue weighted by molar-refractivity contribution is -0.127. The van der Waals surface area contributed by atoms with Gasteiger partial charge in [-0.25, -0.2) is 9.07 Å². The molecule has 3 aromatic carbocycles. The summed E-state index contributed by atoms with van der Waals surface area (Å²) in [5, 5.41) is 11.0. The SMILES string of the molecule is CCc1ccccc1N(C(=O)Cn1nnc2ccccc21)[C@H](C(=O)NCCOC)c1ccccc1F. The minimum Gasteiger partial charge on any atom is -0.383 e. The Morgan fingerprint density at radius 2 is 1.78 bits per heavy atom. The third-order valence-electron chi connectivity index (χ3n) is 5.92. The van der Waals surface area contributed by atoms with Crippen LogP contribution in [0.1, 0.15) is 24.1 Å². The van der Waals surface area contributed by atoms with Crippen molar-refractivity contribution in [2.75, 3.05) is 25.2 Å². The number of carbonyl (C=O) groups excluding carboxylic acids is 2. The number of nitrogens with one attached hydrogen (secondary N) is 1. The molecule has 1 atom stereocenters. The van der Waals surface area contributed by atoms with Crippen LogP contribution in [0.15, 0.2) is 72.8 Å². The molecule has 186 valence electrons. The topological polar surface area (TPSA) is 89.4 Å². The molecule has 0 bridgehead atoms. The van der Waals surface area contributed by atoms with Crippen molar-refractivity contribution in [1.82, 2.24) is 20.3 Å². The van der Waals surface area contributed by atoms with Gasteiger partial charge in [-0.2, -0.15) is 0 Å². The molecule has 8 nitrogen and oxygen atoms in total. The standard InChI is InChI=1S/C27H28FN5O3/c1-3-19-10-4-8-14-23(19)33(25(34)18-32-24-15-9-7-13-22(24)30-31-32)26(27(35)29-16-17-36-2)20-11-5-6-12-21(20)28/h4-15,26H,3,16-18H2,1-2H3,(H,29,35)/t26-/m0/s1. The number of rotatable bonds is 10. The average Bonchev–Trinajstić information content (AvgIpc) is 3.30. The lowest BCUT2D eigenvalue weighted by Crippen LogP contribution is -2.46. The van der Waals surface area contributed by atoms with Crippen LogP contribution in [0.3, 0.4) is 0 Å². The summed E-state index contributed by atoms with van der Waals surface area (Å²) in [6, 6.07) is 19.4. The van der Waals surface area contributed by atoms with Gasteiger partial charge in [0.25, 0.3) is 0 Å². The van der Waals surface area contributed by atoms with Crippen molar-refractivity contribution < 1.29 is 18.7 Å². The minimum absolute atomic E-state index is 0.0927. The molecule has 2 amide bonds. The van der Waals surface area contributed by atoms with Crippen molar-refractivity contribution in [2.45, 2.75) is 25.9 Å². The van der Waals surface area contributed by atoms with Crippen LogP contribution in [0.4, 0.5) is 10.1 Å². The molecule has 0 spiro atoms. The van der Waals surface area contributed by atoms with Gasteiger partial charge in [-0.05, 0) is 36.2 Å². The number of nitrogens with zero attached hydrogens (tertiary/aromatic N) is 4. The summed E-state index contributed by atoms with van der Waals surface area (Å²) in [6.07, 6.45) is 0.613. The maximum absolute atomic E-state index is 15.1. The molecule has 9 heteroatoms. The molecular weight excluding hydrogens is 461 g/mol. The molecule has 0 fully saturated rings. The van der Waals surface area contributed by atoms with E-state index in [0.717, 1.165) is 5.56 Å². The summed E-state index contributed by atoms with van der Waals surface area (Å²) in [5.41, 5.74) is 2.80. The first-order valence-electron chi connectivity index (χ1n) is 11.7. The summed E-state index contributed by atoms with van der Waals surface area (Å²) in [5.74, 6) is -1.52. The van der Waals surface area contributed by atoms with Crippen LogP contribution in [0, 0.1) is 5.82 Å². The molecule has 0 unspecified atom stereocenters. The van der Waals surface area contributed by atoms with Crippen molar-refractivity contribution in [3.8, 4) is 0 Å². The number of hydrogen-bond acceptors (Lipinski definition) is 5. The zero-order valence-electron chi connectivity index (χ0n) is 20.2. The van der Waals surface area contributed by atoms with Gasteiger partial charge in [0.15, 0.2) is 0 Å². The van der Waals surface area contributed by atoms with Crippen molar-refractivity contribution in [3.63, 3.8) is 0 Å². The van der Waals surface area contributed by atoms with E-state index in [1.165, 1.54) is 28.8 Å². The highest BCUT2D eigenvalue weighted by Gasteiger charge is 2.35. The van der Waals surface area contributed by atoms with Gasteiger partial charge in [0, 0.05) is 24.9 Å². The van der Waals surface area contributed by atoms with Gasteiger partial charge >= 0.3 is 0 Å². The Kier molecular flexibility index (Phi) is 8.02. The van der Waals surface area contributed by atoms with Crippen molar-refractivity contribution in [1.29, 1.82) is 0 Å². The third kappa shape index (κ3) is 5.26. The second-order valence-corrected chi connectivity index (χ2v) is 8.19. The number of anilines is 1.